The summed E-state index contributed by atoms with van der Waals surface area (Å²) in [5.41, 5.74) is 0.365. The van der Waals surface area contributed by atoms with Crippen molar-refractivity contribution < 1.29 is 26.7 Å². The van der Waals surface area contributed by atoms with Crippen LogP contribution in [0.1, 0.15) is 55.6 Å². The van der Waals surface area contributed by atoms with Gasteiger partial charge in [-0.3, -0.25) is 0 Å². The number of halogens is 5. The highest BCUT2D eigenvalue weighted by molar-refractivity contribution is 5.85. The van der Waals surface area contributed by atoms with Gasteiger partial charge in [0.15, 0.2) is 34.6 Å². The van der Waals surface area contributed by atoms with E-state index in [1.54, 1.807) is 13.8 Å². The fourth-order valence-corrected chi connectivity index (χ4v) is 4.69. The molecule has 42 heavy (non-hydrogen) atoms. The molecule has 4 heterocycles. The number of nitrogens with zero attached hydrogens (tertiary/aromatic N) is 7. The maximum atomic E-state index is 15.3. The average Bonchev–Trinajstić information content (AvgIpc) is 3.50. The van der Waals surface area contributed by atoms with Crippen LogP contribution < -0.4 is 10.1 Å². The summed E-state index contributed by atoms with van der Waals surface area (Å²) in [5.74, 6) is -1.83. The number of hydrogen-bond acceptors (Lipinski definition) is 8. The SMILES string of the molecule is COc1ncnc(C2CC2)c1-c1nc(NCc2ccc(-c3nc(C(F)(F)F)cn3C(C)C)c(F)c2F)c2[nH]cnc2n1. The zero-order valence-electron chi connectivity index (χ0n) is 22.6. The summed E-state index contributed by atoms with van der Waals surface area (Å²) in [4.78, 5) is 28.5. The Kier molecular flexibility index (Phi) is 6.74. The van der Waals surface area contributed by atoms with Crippen molar-refractivity contribution in [3.63, 3.8) is 0 Å². The Labute approximate surface area is 235 Å². The number of fused-ring (bicyclic) bond motifs is 1. The monoisotopic (exact) mass is 585 g/mol. The lowest BCUT2D eigenvalue weighted by Gasteiger charge is -2.14. The molecule has 15 heteroatoms. The number of aromatic nitrogens is 8. The van der Waals surface area contributed by atoms with Gasteiger partial charge in [-0.2, -0.15) is 13.2 Å². The smallest absolute Gasteiger partial charge is 0.434 e. The molecule has 0 saturated heterocycles. The summed E-state index contributed by atoms with van der Waals surface area (Å²) >= 11 is 0. The molecule has 1 aliphatic carbocycles. The van der Waals surface area contributed by atoms with Crippen LogP contribution in [0, 0.1) is 11.6 Å². The van der Waals surface area contributed by atoms with E-state index in [0.717, 1.165) is 29.3 Å². The first-order valence-corrected chi connectivity index (χ1v) is 13.0. The number of rotatable bonds is 8. The van der Waals surface area contributed by atoms with Crippen LogP contribution in [0.25, 0.3) is 33.9 Å². The molecule has 218 valence electrons. The van der Waals surface area contributed by atoms with Gasteiger partial charge < -0.3 is 19.6 Å². The van der Waals surface area contributed by atoms with E-state index in [1.165, 1.54) is 31.9 Å². The summed E-state index contributed by atoms with van der Waals surface area (Å²) in [6, 6.07) is 2.02. The van der Waals surface area contributed by atoms with Crippen molar-refractivity contribution in [2.45, 2.75) is 51.4 Å². The minimum atomic E-state index is -4.74. The molecule has 6 rings (SSSR count). The summed E-state index contributed by atoms with van der Waals surface area (Å²) in [7, 11) is 1.48. The third-order valence-electron chi connectivity index (χ3n) is 6.94. The predicted octanol–water partition coefficient (Wildman–Crippen LogP) is 6.05. The number of ether oxygens (including phenoxy) is 1. The van der Waals surface area contributed by atoms with Gasteiger partial charge in [-0.15, -0.1) is 0 Å². The van der Waals surface area contributed by atoms with Crippen LogP contribution in [-0.4, -0.2) is 46.6 Å². The van der Waals surface area contributed by atoms with Crippen LogP contribution in [-0.2, 0) is 12.7 Å². The number of nitrogens with one attached hydrogen (secondary N) is 2. The molecule has 5 aromatic rings. The van der Waals surface area contributed by atoms with Crippen LogP contribution in [0.2, 0.25) is 0 Å². The first-order chi connectivity index (χ1) is 20.1. The number of anilines is 1. The first-order valence-electron chi connectivity index (χ1n) is 13.0. The fraction of sp³-hybridized carbons (Fsp3) is 0.333. The van der Waals surface area contributed by atoms with Crippen molar-refractivity contribution in [1.29, 1.82) is 0 Å². The normalized spacial score (nSPS) is 13.7. The minimum Gasteiger partial charge on any atom is -0.480 e. The van der Waals surface area contributed by atoms with Gasteiger partial charge in [0.25, 0.3) is 0 Å². The molecule has 0 unspecified atom stereocenters. The van der Waals surface area contributed by atoms with E-state index in [2.05, 4.69) is 40.2 Å². The highest BCUT2D eigenvalue weighted by Gasteiger charge is 2.36. The van der Waals surface area contributed by atoms with E-state index in [4.69, 9.17) is 4.74 Å². The van der Waals surface area contributed by atoms with Crippen LogP contribution in [0.15, 0.2) is 31.0 Å². The van der Waals surface area contributed by atoms with Crippen molar-refractivity contribution in [1.82, 2.24) is 39.5 Å². The molecule has 1 fully saturated rings. The Morgan fingerprint density at radius 2 is 1.86 bits per heavy atom. The Bertz CT molecular complexity index is 1790. The molecule has 0 amide bonds. The summed E-state index contributed by atoms with van der Waals surface area (Å²) < 4.78 is 77.2. The molecule has 4 aromatic heterocycles. The molecule has 0 atom stereocenters. The number of methoxy groups -OCH3 is 1. The Morgan fingerprint density at radius 1 is 1.07 bits per heavy atom. The predicted molar refractivity (Wildman–Crippen MR) is 142 cm³/mol. The molecule has 1 aromatic carbocycles. The molecule has 0 bridgehead atoms. The second kappa shape index (κ2) is 10.3. The second-order valence-electron chi connectivity index (χ2n) is 10.1. The number of benzene rings is 1. The summed E-state index contributed by atoms with van der Waals surface area (Å²) in [6.45, 7) is 3.03. The fourth-order valence-electron chi connectivity index (χ4n) is 4.69. The number of alkyl halides is 3. The Balaban J connectivity index is 1.35. The largest absolute Gasteiger partial charge is 0.480 e. The van der Waals surface area contributed by atoms with Gasteiger partial charge in [-0.25, -0.2) is 38.7 Å². The molecule has 0 spiro atoms. The first kappa shape index (κ1) is 27.5. The Morgan fingerprint density at radius 3 is 2.55 bits per heavy atom. The van der Waals surface area contributed by atoms with Crippen molar-refractivity contribution in [3.05, 3.63) is 59.6 Å². The number of aromatic amines is 1. The number of hydrogen-bond donors (Lipinski definition) is 2. The van der Waals surface area contributed by atoms with Crippen LogP contribution in [0.3, 0.4) is 0 Å². The van der Waals surface area contributed by atoms with Gasteiger partial charge in [-0.05, 0) is 32.8 Å². The zero-order chi connectivity index (χ0) is 29.8. The second-order valence-corrected chi connectivity index (χ2v) is 10.1. The average molecular weight is 586 g/mol. The van der Waals surface area contributed by atoms with E-state index in [0.29, 0.717) is 22.6 Å². The van der Waals surface area contributed by atoms with Gasteiger partial charge >= 0.3 is 6.18 Å². The van der Waals surface area contributed by atoms with E-state index in [9.17, 15) is 13.2 Å². The summed E-state index contributed by atoms with van der Waals surface area (Å²) in [6.07, 6.45) is 0.808. The van der Waals surface area contributed by atoms with Crippen molar-refractivity contribution >= 4 is 17.0 Å². The standard InChI is InChI=1S/C27H24F5N9O/c1-12(2)41-9-16(27(30,31)32)38-25(41)15-7-6-14(18(28)19(15)29)8-33-23-21-24(36-10-35-21)40-22(39-23)17-20(13-4-5-13)34-11-37-26(17)42-3/h6-7,9-13H,4-5,8H2,1-3H3,(H2,33,35,36,39,40). The topological polar surface area (TPSA) is 119 Å². The maximum Gasteiger partial charge on any atom is 0.434 e. The number of H-pyrrole nitrogens is 1. The molecule has 1 saturated carbocycles. The molecular weight excluding hydrogens is 561 g/mol. The molecule has 0 aliphatic heterocycles. The van der Waals surface area contributed by atoms with Crippen LogP contribution in [0.5, 0.6) is 5.88 Å². The molecule has 10 nitrogen and oxygen atoms in total. The highest BCUT2D eigenvalue weighted by Crippen LogP contribution is 2.45. The third-order valence-corrected chi connectivity index (χ3v) is 6.94. The molecule has 2 N–H and O–H groups in total. The van der Waals surface area contributed by atoms with E-state index in [-0.39, 0.29) is 41.1 Å². The van der Waals surface area contributed by atoms with Crippen molar-refractivity contribution in [3.8, 4) is 28.7 Å². The van der Waals surface area contributed by atoms with E-state index >= 15 is 8.78 Å². The van der Waals surface area contributed by atoms with Crippen molar-refractivity contribution in [2.24, 2.45) is 0 Å². The van der Waals surface area contributed by atoms with Crippen molar-refractivity contribution in [2.75, 3.05) is 12.4 Å². The van der Waals surface area contributed by atoms with Gasteiger partial charge in [-0.1, -0.05) is 6.07 Å². The van der Waals surface area contributed by atoms with Gasteiger partial charge in [0.2, 0.25) is 5.88 Å². The lowest BCUT2D eigenvalue weighted by molar-refractivity contribution is -0.140. The van der Waals surface area contributed by atoms with Crippen LogP contribution >= 0.6 is 0 Å². The maximum absolute atomic E-state index is 15.3. The lowest BCUT2D eigenvalue weighted by Crippen LogP contribution is -2.09. The summed E-state index contributed by atoms with van der Waals surface area (Å²) in [5, 5.41) is 3.00. The molecular formula is C27H24F5N9O. The molecule has 0 radical (unpaired) electrons. The van der Waals surface area contributed by atoms with Gasteiger partial charge in [0.1, 0.15) is 23.2 Å². The molecule has 1 aliphatic rings. The quantitative estimate of drug-likeness (QED) is 0.211. The van der Waals surface area contributed by atoms with Gasteiger partial charge in [0.05, 0.1) is 24.7 Å². The van der Waals surface area contributed by atoms with E-state index in [1.807, 2.05) is 0 Å². The Hall–Kier alpha value is -4.69. The van der Waals surface area contributed by atoms with Crippen LogP contribution in [0.4, 0.5) is 27.8 Å². The van der Waals surface area contributed by atoms with E-state index < -0.39 is 29.5 Å². The minimum absolute atomic E-state index is 0.0814. The number of imidazole rings is 2. The van der Waals surface area contributed by atoms with Gasteiger partial charge in [0, 0.05) is 30.3 Å². The highest BCUT2D eigenvalue weighted by atomic mass is 19.4. The zero-order valence-corrected chi connectivity index (χ0v) is 22.6. The lowest BCUT2D eigenvalue weighted by atomic mass is 10.1. The third kappa shape index (κ3) is 4.88.